The number of carbonyl (C=O) groups is 5. The second kappa shape index (κ2) is 8.04. The molecule has 1 saturated heterocycles. The number of ether oxygens (including phenoxy) is 2. The van der Waals surface area contributed by atoms with Crippen molar-refractivity contribution >= 4 is 29.5 Å². The van der Waals surface area contributed by atoms with Gasteiger partial charge in [-0.05, 0) is 49.5 Å². The first-order valence-corrected chi connectivity index (χ1v) is 11.2. The summed E-state index contributed by atoms with van der Waals surface area (Å²) in [5.74, 6) is -4.64. The van der Waals surface area contributed by atoms with Crippen molar-refractivity contribution < 1.29 is 38.6 Å². The van der Waals surface area contributed by atoms with Gasteiger partial charge in [-0.15, -0.1) is 0 Å². The van der Waals surface area contributed by atoms with E-state index in [1.165, 1.54) is 19.3 Å². The molecule has 1 N–H and O–H groups in total. The van der Waals surface area contributed by atoms with E-state index in [2.05, 4.69) is 4.74 Å². The minimum atomic E-state index is -1.04. The van der Waals surface area contributed by atoms with Gasteiger partial charge in [-0.1, -0.05) is 17.7 Å². The number of likely N-dealkylation sites (tertiary alicyclic amines) is 1. The van der Waals surface area contributed by atoms with Crippen LogP contribution in [0.2, 0.25) is 0 Å². The van der Waals surface area contributed by atoms with Gasteiger partial charge in [-0.25, -0.2) is 4.79 Å². The summed E-state index contributed by atoms with van der Waals surface area (Å²) in [5.41, 5.74) is 2.21. The average Bonchev–Trinajstić information content (AvgIpc) is 3.10. The Morgan fingerprint density at radius 2 is 1.83 bits per heavy atom. The first kappa shape index (κ1) is 22.8. The van der Waals surface area contributed by atoms with Gasteiger partial charge >= 0.3 is 6.09 Å². The lowest BCUT2D eigenvalue weighted by Crippen LogP contribution is -2.40. The standard InChI is InChI=1S/C26H23NO8/c1-11-8-17(28)16-10-15-13(5-6-14-21(15)25(32)27(24(14)31)26(33)35-3)20(22(16)23(11)30)12-4-7-19(34-2)18(29)9-12/h4-5,7-9,14-15,20-21,29H,6,10H2,1-3H3. The van der Waals surface area contributed by atoms with E-state index >= 15 is 0 Å². The van der Waals surface area contributed by atoms with Crippen LogP contribution in [0.4, 0.5) is 4.79 Å². The monoisotopic (exact) mass is 477 g/mol. The maximum absolute atomic E-state index is 13.3. The number of phenolic OH excluding ortho intramolecular Hbond substituents is 1. The second-order valence-corrected chi connectivity index (χ2v) is 9.14. The highest BCUT2D eigenvalue weighted by Crippen LogP contribution is 2.55. The summed E-state index contributed by atoms with van der Waals surface area (Å²) in [6, 6.07) is 4.76. The zero-order valence-electron chi connectivity index (χ0n) is 19.4. The van der Waals surface area contributed by atoms with E-state index in [1.54, 1.807) is 19.1 Å². The normalized spacial score (nSPS) is 27.7. The molecule has 180 valence electrons. The molecule has 35 heavy (non-hydrogen) atoms. The minimum absolute atomic E-state index is 0.101. The topological polar surface area (TPSA) is 127 Å². The van der Waals surface area contributed by atoms with Crippen molar-refractivity contribution in [3.05, 3.63) is 58.2 Å². The predicted molar refractivity (Wildman–Crippen MR) is 120 cm³/mol. The number of ketones is 2. The van der Waals surface area contributed by atoms with E-state index < -0.39 is 41.6 Å². The maximum Gasteiger partial charge on any atom is 0.423 e. The van der Waals surface area contributed by atoms with Gasteiger partial charge in [0.15, 0.2) is 23.1 Å². The summed E-state index contributed by atoms with van der Waals surface area (Å²) < 4.78 is 9.79. The lowest BCUT2D eigenvalue weighted by Gasteiger charge is -2.42. The van der Waals surface area contributed by atoms with Crippen molar-refractivity contribution in [2.75, 3.05) is 14.2 Å². The molecule has 0 bridgehead atoms. The van der Waals surface area contributed by atoms with E-state index in [9.17, 15) is 29.1 Å². The van der Waals surface area contributed by atoms with Crippen LogP contribution in [0, 0.1) is 17.8 Å². The molecule has 1 aromatic carbocycles. The quantitative estimate of drug-likeness (QED) is 0.391. The molecule has 1 aliphatic heterocycles. The Bertz CT molecular complexity index is 1320. The maximum atomic E-state index is 13.3. The van der Waals surface area contributed by atoms with Crippen molar-refractivity contribution in [2.45, 2.75) is 25.7 Å². The number of rotatable bonds is 2. The number of methoxy groups -OCH3 is 2. The van der Waals surface area contributed by atoms with Crippen LogP contribution >= 0.6 is 0 Å². The molecule has 4 aliphatic rings. The Labute approximate surface area is 200 Å². The van der Waals surface area contributed by atoms with Gasteiger partial charge in [-0.2, -0.15) is 4.90 Å². The highest BCUT2D eigenvalue weighted by molar-refractivity contribution is 6.24. The number of nitrogens with zero attached hydrogens (tertiary/aromatic N) is 1. The van der Waals surface area contributed by atoms with E-state index in [-0.39, 0.29) is 35.9 Å². The van der Waals surface area contributed by atoms with E-state index in [0.717, 1.165) is 12.7 Å². The summed E-state index contributed by atoms with van der Waals surface area (Å²) in [6.45, 7) is 1.58. The Balaban J connectivity index is 1.68. The molecule has 3 amide bonds. The summed E-state index contributed by atoms with van der Waals surface area (Å²) >= 11 is 0. The van der Waals surface area contributed by atoms with Gasteiger partial charge in [0.05, 0.1) is 26.1 Å². The molecule has 0 saturated carbocycles. The predicted octanol–water partition coefficient (Wildman–Crippen LogP) is 2.60. The number of aromatic hydroxyl groups is 1. The fourth-order valence-electron chi connectivity index (χ4n) is 5.90. The fraction of sp³-hybridized carbons (Fsp3) is 0.346. The van der Waals surface area contributed by atoms with E-state index in [4.69, 9.17) is 4.74 Å². The van der Waals surface area contributed by atoms with Crippen molar-refractivity contribution in [3.63, 3.8) is 0 Å². The van der Waals surface area contributed by atoms with Crippen LogP contribution in [0.25, 0.3) is 0 Å². The third-order valence-corrected chi connectivity index (χ3v) is 7.46. The molecule has 5 rings (SSSR count). The van der Waals surface area contributed by atoms with Crippen molar-refractivity contribution in [2.24, 2.45) is 17.8 Å². The lowest BCUT2D eigenvalue weighted by atomic mass is 9.59. The molecule has 3 aliphatic carbocycles. The van der Waals surface area contributed by atoms with Crippen LogP contribution in [0.5, 0.6) is 11.5 Å². The van der Waals surface area contributed by atoms with Crippen molar-refractivity contribution in [1.82, 2.24) is 4.90 Å². The molecular weight excluding hydrogens is 454 g/mol. The van der Waals surface area contributed by atoms with Gasteiger partial charge in [0.2, 0.25) is 11.8 Å². The first-order chi connectivity index (χ1) is 16.7. The molecule has 9 heteroatoms. The summed E-state index contributed by atoms with van der Waals surface area (Å²) in [4.78, 5) is 65.3. The van der Waals surface area contributed by atoms with Gasteiger partial charge in [-0.3, -0.25) is 19.2 Å². The summed E-state index contributed by atoms with van der Waals surface area (Å²) in [7, 11) is 2.52. The Hall–Kier alpha value is -4.01. The second-order valence-electron chi connectivity index (χ2n) is 9.14. The van der Waals surface area contributed by atoms with Crippen molar-refractivity contribution in [1.29, 1.82) is 0 Å². The number of hydrogen-bond donors (Lipinski definition) is 1. The number of benzene rings is 1. The van der Waals surface area contributed by atoms with Crippen molar-refractivity contribution in [3.8, 4) is 11.5 Å². The molecule has 0 radical (unpaired) electrons. The summed E-state index contributed by atoms with van der Waals surface area (Å²) in [5, 5.41) is 10.5. The van der Waals surface area contributed by atoms with Crippen LogP contribution in [0.1, 0.15) is 31.2 Å². The van der Waals surface area contributed by atoms with Crippen LogP contribution in [-0.4, -0.2) is 53.7 Å². The van der Waals surface area contributed by atoms with Crippen LogP contribution in [-0.2, 0) is 23.9 Å². The minimum Gasteiger partial charge on any atom is -0.504 e. The number of amides is 3. The number of hydrogen-bond acceptors (Lipinski definition) is 8. The molecule has 1 fully saturated rings. The number of phenols is 1. The number of carbonyl (C=O) groups excluding carboxylic acids is 5. The summed E-state index contributed by atoms with van der Waals surface area (Å²) in [6.07, 6.45) is 2.39. The number of imide groups is 3. The Kier molecular flexibility index (Phi) is 5.23. The SMILES string of the molecule is COC(=O)N1C(=O)C2CC=C3C(c4ccc(OC)c(O)c4)C4=C(CC3C2C1=O)C(=O)C=C(C)C4=O. The first-order valence-electron chi connectivity index (χ1n) is 11.2. The van der Waals surface area contributed by atoms with E-state index in [0.29, 0.717) is 27.2 Å². The fourth-order valence-corrected chi connectivity index (χ4v) is 5.90. The molecule has 0 aromatic heterocycles. The number of allylic oxidation sites excluding steroid dienone is 6. The number of Topliss-reactive ketones (excluding diaryl/α,β-unsaturated/α-hetero) is 1. The Morgan fingerprint density at radius 1 is 1.09 bits per heavy atom. The van der Waals surface area contributed by atoms with Crippen LogP contribution in [0.3, 0.4) is 0 Å². The molecule has 1 aromatic rings. The van der Waals surface area contributed by atoms with E-state index in [1.807, 2.05) is 6.08 Å². The average molecular weight is 477 g/mol. The smallest absolute Gasteiger partial charge is 0.423 e. The third kappa shape index (κ3) is 3.18. The Morgan fingerprint density at radius 3 is 2.49 bits per heavy atom. The van der Waals surface area contributed by atoms with Gasteiger partial charge in [0.25, 0.3) is 0 Å². The van der Waals surface area contributed by atoms with Gasteiger partial charge in [0, 0.05) is 22.6 Å². The van der Waals surface area contributed by atoms with Gasteiger partial charge < -0.3 is 14.6 Å². The lowest BCUT2D eigenvalue weighted by molar-refractivity contribution is -0.137. The molecule has 1 heterocycles. The van der Waals surface area contributed by atoms with Gasteiger partial charge in [0.1, 0.15) is 0 Å². The molecule has 4 atom stereocenters. The zero-order chi connectivity index (χ0) is 25.2. The molecule has 9 nitrogen and oxygen atoms in total. The molecule has 4 unspecified atom stereocenters. The molecular formula is C26H23NO8. The largest absolute Gasteiger partial charge is 0.504 e. The highest BCUT2D eigenvalue weighted by atomic mass is 16.5. The number of fused-ring (bicyclic) bond motifs is 3. The third-order valence-electron chi connectivity index (χ3n) is 7.46. The molecule has 0 spiro atoms. The highest BCUT2D eigenvalue weighted by Gasteiger charge is 2.58. The zero-order valence-corrected chi connectivity index (χ0v) is 19.4. The van der Waals surface area contributed by atoms with Crippen LogP contribution < -0.4 is 4.74 Å². The van der Waals surface area contributed by atoms with Crippen LogP contribution in [0.15, 0.2) is 52.6 Å².